The summed E-state index contributed by atoms with van der Waals surface area (Å²) < 4.78 is 0. The molecular formula is C17H29N3O4. The van der Waals surface area contributed by atoms with Crippen LogP contribution < -0.4 is 5.32 Å². The highest BCUT2D eigenvalue weighted by Crippen LogP contribution is 2.34. The zero-order chi connectivity index (χ0) is 17.7. The van der Waals surface area contributed by atoms with Gasteiger partial charge in [-0.25, -0.2) is 0 Å². The van der Waals surface area contributed by atoms with Gasteiger partial charge in [0.1, 0.15) is 6.04 Å². The lowest BCUT2D eigenvalue weighted by Gasteiger charge is -2.33. The van der Waals surface area contributed by atoms with Gasteiger partial charge < -0.3 is 15.3 Å². The van der Waals surface area contributed by atoms with Crippen LogP contribution in [0.4, 0.5) is 0 Å². The molecule has 2 amide bonds. The molecule has 0 saturated heterocycles. The second-order valence-corrected chi connectivity index (χ2v) is 6.94. The number of carbonyl (C=O) groups excluding carboxylic acids is 2. The number of nitrogens with zero attached hydrogens (tertiary/aromatic N) is 2. The predicted octanol–water partition coefficient (Wildman–Crippen LogP) is 0.831. The van der Waals surface area contributed by atoms with Crippen LogP contribution in [0.3, 0.4) is 0 Å². The molecule has 2 rings (SSSR count). The first-order valence-corrected chi connectivity index (χ1v) is 8.92. The number of carboxylic acid groups (broad SMARTS) is 1. The molecule has 1 atom stereocenters. The van der Waals surface area contributed by atoms with E-state index in [9.17, 15) is 19.5 Å². The van der Waals surface area contributed by atoms with Gasteiger partial charge in [-0.15, -0.1) is 0 Å². The number of aliphatic carboxylic acids is 1. The number of rotatable bonds is 9. The first-order chi connectivity index (χ1) is 11.4. The van der Waals surface area contributed by atoms with E-state index in [1.807, 2.05) is 4.90 Å². The van der Waals surface area contributed by atoms with Crippen molar-refractivity contribution in [3.8, 4) is 0 Å². The first-order valence-electron chi connectivity index (χ1n) is 8.92. The molecule has 0 aromatic rings. The quantitative estimate of drug-likeness (QED) is 0.649. The third-order valence-corrected chi connectivity index (χ3v) is 4.96. The van der Waals surface area contributed by atoms with Gasteiger partial charge in [0.2, 0.25) is 11.8 Å². The minimum atomic E-state index is -0.954. The van der Waals surface area contributed by atoms with Crippen molar-refractivity contribution in [1.29, 1.82) is 0 Å². The molecule has 0 aliphatic heterocycles. The third-order valence-electron chi connectivity index (χ3n) is 4.96. The molecule has 0 heterocycles. The topological polar surface area (TPSA) is 90.0 Å². The van der Waals surface area contributed by atoms with Crippen molar-refractivity contribution in [2.45, 2.75) is 70.5 Å². The van der Waals surface area contributed by atoms with Gasteiger partial charge in [0.15, 0.2) is 0 Å². The van der Waals surface area contributed by atoms with Crippen LogP contribution in [0.15, 0.2) is 0 Å². The zero-order valence-electron chi connectivity index (χ0n) is 14.7. The molecule has 2 saturated carbocycles. The molecule has 24 heavy (non-hydrogen) atoms. The largest absolute Gasteiger partial charge is 0.480 e. The van der Waals surface area contributed by atoms with Crippen molar-refractivity contribution in [1.82, 2.24) is 15.1 Å². The lowest BCUT2D eigenvalue weighted by molar-refractivity contribution is -0.144. The van der Waals surface area contributed by atoms with Crippen LogP contribution in [0.2, 0.25) is 0 Å². The average molecular weight is 339 g/mol. The van der Waals surface area contributed by atoms with Gasteiger partial charge in [-0.1, -0.05) is 12.8 Å². The van der Waals surface area contributed by atoms with Crippen molar-refractivity contribution in [2.24, 2.45) is 0 Å². The smallest absolute Gasteiger partial charge is 0.320 e. The Morgan fingerprint density at radius 3 is 2.21 bits per heavy atom. The Hall–Kier alpha value is -1.63. The van der Waals surface area contributed by atoms with Crippen molar-refractivity contribution < 1.29 is 19.5 Å². The molecule has 7 heteroatoms. The highest BCUT2D eigenvalue weighted by Gasteiger charge is 2.39. The molecule has 2 fully saturated rings. The molecule has 2 aliphatic rings. The maximum Gasteiger partial charge on any atom is 0.320 e. The number of hydrogen-bond acceptors (Lipinski definition) is 4. The van der Waals surface area contributed by atoms with Crippen LogP contribution in [-0.4, -0.2) is 70.4 Å². The lowest BCUT2D eigenvalue weighted by atomic mass is 10.2. The summed E-state index contributed by atoms with van der Waals surface area (Å²) in [4.78, 5) is 38.9. The van der Waals surface area contributed by atoms with Crippen LogP contribution in [0.5, 0.6) is 0 Å². The van der Waals surface area contributed by atoms with E-state index in [1.54, 1.807) is 11.8 Å². The van der Waals surface area contributed by atoms with E-state index in [-0.39, 0.29) is 18.4 Å². The SMILES string of the molecule is CC(=O)NCCN(CC(=O)N(C1CCCC1)C1CC1)C(C)C(=O)O. The predicted molar refractivity (Wildman–Crippen MR) is 89.5 cm³/mol. The first kappa shape index (κ1) is 18.7. The van der Waals surface area contributed by atoms with Crippen molar-refractivity contribution in [2.75, 3.05) is 19.6 Å². The third kappa shape index (κ3) is 5.19. The number of hydrogen-bond donors (Lipinski definition) is 2. The van der Waals surface area contributed by atoms with Crippen LogP contribution >= 0.6 is 0 Å². The van der Waals surface area contributed by atoms with Gasteiger partial charge in [0.25, 0.3) is 0 Å². The van der Waals surface area contributed by atoms with Crippen LogP contribution in [0.25, 0.3) is 0 Å². The number of amides is 2. The highest BCUT2D eigenvalue weighted by molar-refractivity contribution is 5.81. The molecule has 0 aromatic heterocycles. The van der Waals surface area contributed by atoms with E-state index in [2.05, 4.69) is 5.32 Å². The summed E-state index contributed by atoms with van der Waals surface area (Å²) in [6.07, 6.45) is 6.56. The van der Waals surface area contributed by atoms with E-state index < -0.39 is 12.0 Å². The van der Waals surface area contributed by atoms with Crippen molar-refractivity contribution in [3.05, 3.63) is 0 Å². The van der Waals surface area contributed by atoms with Gasteiger partial charge >= 0.3 is 5.97 Å². The number of carboxylic acids is 1. The molecule has 7 nitrogen and oxygen atoms in total. The monoisotopic (exact) mass is 339 g/mol. The van der Waals surface area contributed by atoms with Gasteiger partial charge in [0, 0.05) is 32.1 Å². The Balaban J connectivity index is 1.98. The van der Waals surface area contributed by atoms with Crippen LogP contribution in [-0.2, 0) is 14.4 Å². The Morgan fingerprint density at radius 2 is 1.71 bits per heavy atom. The number of nitrogens with one attached hydrogen (secondary N) is 1. The molecular weight excluding hydrogens is 310 g/mol. The van der Waals surface area contributed by atoms with E-state index in [0.29, 0.717) is 25.2 Å². The Labute approximate surface area is 143 Å². The van der Waals surface area contributed by atoms with Gasteiger partial charge in [-0.05, 0) is 32.6 Å². The summed E-state index contributed by atoms with van der Waals surface area (Å²) in [5.41, 5.74) is 0. The van der Waals surface area contributed by atoms with Gasteiger partial charge in [-0.2, -0.15) is 0 Å². The Bertz CT molecular complexity index is 472. The van der Waals surface area contributed by atoms with Crippen molar-refractivity contribution in [3.63, 3.8) is 0 Å². The van der Waals surface area contributed by atoms with E-state index in [1.165, 1.54) is 19.8 Å². The second-order valence-electron chi connectivity index (χ2n) is 6.94. The molecule has 1 unspecified atom stereocenters. The highest BCUT2D eigenvalue weighted by atomic mass is 16.4. The minimum absolute atomic E-state index is 0.0281. The fourth-order valence-electron chi connectivity index (χ4n) is 3.44. The van der Waals surface area contributed by atoms with E-state index in [4.69, 9.17) is 0 Å². The second kappa shape index (κ2) is 8.46. The van der Waals surface area contributed by atoms with Gasteiger partial charge in [-0.3, -0.25) is 19.3 Å². The molecule has 0 bridgehead atoms. The van der Waals surface area contributed by atoms with Crippen LogP contribution in [0.1, 0.15) is 52.4 Å². The molecule has 2 N–H and O–H groups in total. The lowest BCUT2D eigenvalue weighted by Crippen LogP contribution is -2.51. The molecule has 0 aromatic carbocycles. The van der Waals surface area contributed by atoms with Gasteiger partial charge in [0.05, 0.1) is 6.54 Å². The number of carbonyl (C=O) groups is 3. The average Bonchev–Trinajstić information content (AvgIpc) is 3.19. The summed E-state index contributed by atoms with van der Waals surface area (Å²) in [7, 11) is 0. The summed E-state index contributed by atoms with van der Waals surface area (Å²) in [6, 6.07) is -0.0902. The zero-order valence-corrected chi connectivity index (χ0v) is 14.7. The summed E-state index contributed by atoms with van der Waals surface area (Å²) in [5, 5.41) is 12.0. The maximum atomic E-state index is 12.9. The molecule has 136 valence electrons. The Kier molecular flexibility index (Phi) is 6.60. The van der Waals surface area contributed by atoms with Crippen molar-refractivity contribution >= 4 is 17.8 Å². The molecule has 0 spiro atoms. The Morgan fingerprint density at radius 1 is 1.12 bits per heavy atom. The van der Waals surface area contributed by atoms with E-state index >= 15 is 0 Å². The molecule has 0 radical (unpaired) electrons. The minimum Gasteiger partial charge on any atom is -0.480 e. The fraction of sp³-hybridized carbons (Fsp3) is 0.824. The van der Waals surface area contributed by atoms with Crippen LogP contribution in [0, 0.1) is 0 Å². The summed E-state index contributed by atoms with van der Waals surface area (Å²) >= 11 is 0. The summed E-state index contributed by atoms with van der Waals surface area (Å²) in [6.45, 7) is 3.79. The maximum absolute atomic E-state index is 12.9. The van der Waals surface area contributed by atoms with E-state index in [0.717, 1.165) is 25.7 Å². The molecule has 2 aliphatic carbocycles. The standard InChI is InChI=1S/C17H29N3O4/c1-12(17(23)24)19(10-9-18-13(2)21)11-16(22)20(15-7-8-15)14-5-3-4-6-14/h12,14-15H,3-11H2,1-2H3,(H,18,21)(H,23,24). The fourth-order valence-corrected chi connectivity index (χ4v) is 3.44. The normalized spacial score (nSPS) is 19.3. The summed E-state index contributed by atoms with van der Waals surface area (Å²) in [5.74, 6) is -1.08.